The van der Waals surface area contributed by atoms with E-state index in [1.807, 2.05) is 6.92 Å². The molecule has 1 aliphatic heterocycles. The van der Waals surface area contributed by atoms with Crippen LogP contribution in [-0.2, 0) is 4.79 Å². The molecule has 0 bridgehead atoms. The fraction of sp³-hybridized carbons (Fsp3) is 0.200. The second-order valence-electron chi connectivity index (χ2n) is 4.22. The molecule has 114 valence electrons. The van der Waals surface area contributed by atoms with Crippen molar-refractivity contribution in [3.8, 4) is 23.8 Å². The lowest BCUT2D eigenvalue weighted by molar-refractivity contribution is -0.115. The van der Waals surface area contributed by atoms with Gasteiger partial charge in [-0.25, -0.2) is 4.79 Å². The van der Waals surface area contributed by atoms with Gasteiger partial charge < -0.3 is 14.8 Å². The Hall–Kier alpha value is -2.65. The van der Waals surface area contributed by atoms with Gasteiger partial charge in [-0.05, 0) is 30.7 Å². The van der Waals surface area contributed by atoms with Crippen LogP contribution in [0.3, 0.4) is 0 Å². The van der Waals surface area contributed by atoms with Gasteiger partial charge in [0.25, 0.3) is 5.91 Å². The number of amides is 3. The number of halogens is 1. The van der Waals surface area contributed by atoms with E-state index in [1.165, 1.54) is 6.08 Å². The molecule has 22 heavy (non-hydrogen) atoms. The van der Waals surface area contributed by atoms with Gasteiger partial charge in [-0.3, -0.25) is 10.1 Å². The van der Waals surface area contributed by atoms with Gasteiger partial charge in [-0.15, -0.1) is 6.42 Å². The lowest BCUT2D eigenvalue weighted by Gasteiger charge is -2.13. The molecule has 1 aliphatic rings. The molecule has 6 nitrogen and oxygen atoms in total. The van der Waals surface area contributed by atoms with Crippen LogP contribution in [0.1, 0.15) is 12.5 Å². The van der Waals surface area contributed by atoms with E-state index in [0.717, 1.165) is 0 Å². The topological polar surface area (TPSA) is 76.7 Å². The maximum absolute atomic E-state index is 11.5. The molecule has 2 N–H and O–H groups in total. The van der Waals surface area contributed by atoms with Crippen LogP contribution in [0.5, 0.6) is 11.5 Å². The Morgan fingerprint density at radius 3 is 2.68 bits per heavy atom. The molecule has 0 unspecified atom stereocenters. The third kappa shape index (κ3) is 3.51. The molecule has 0 saturated carbocycles. The highest BCUT2D eigenvalue weighted by atomic mass is 35.5. The maximum Gasteiger partial charge on any atom is 0.326 e. The van der Waals surface area contributed by atoms with Crippen LogP contribution in [0.15, 0.2) is 17.8 Å². The molecular weight excluding hydrogens is 308 g/mol. The van der Waals surface area contributed by atoms with Crippen molar-refractivity contribution in [1.82, 2.24) is 10.6 Å². The van der Waals surface area contributed by atoms with Crippen molar-refractivity contribution in [1.29, 1.82) is 0 Å². The fourth-order valence-electron chi connectivity index (χ4n) is 1.84. The van der Waals surface area contributed by atoms with Crippen molar-refractivity contribution in [2.45, 2.75) is 6.92 Å². The highest BCUT2D eigenvalue weighted by Gasteiger charge is 2.23. The molecule has 0 atom stereocenters. The summed E-state index contributed by atoms with van der Waals surface area (Å²) in [5.41, 5.74) is 0.703. The molecule has 1 aromatic rings. The van der Waals surface area contributed by atoms with Gasteiger partial charge in [0.1, 0.15) is 12.3 Å². The monoisotopic (exact) mass is 320 g/mol. The molecule has 1 saturated heterocycles. The molecular formula is C15H13ClN2O4. The third-order valence-electron chi connectivity index (χ3n) is 2.66. The molecule has 3 amide bonds. The lowest BCUT2D eigenvalue weighted by atomic mass is 10.1. The molecule has 0 spiro atoms. The molecule has 0 aliphatic carbocycles. The zero-order valence-corrected chi connectivity index (χ0v) is 12.5. The van der Waals surface area contributed by atoms with E-state index in [4.69, 9.17) is 27.5 Å². The van der Waals surface area contributed by atoms with Gasteiger partial charge in [0, 0.05) is 0 Å². The Labute approximate surface area is 132 Å². The van der Waals surface area contributed by atoms with Crippen molar-refractivity contribution in [2.75, 3.05) is 13.2 Å². The Morgan fingerprint density at radius 2 is 2.09 bits per heavy atom. The summed E-state index contributed by atoms with van der Waals surface area (Å²) in [6.07, 6.45) is 6.65. The number of imide groups is 1. The summed E-state index contributed by atoms with van der Waals surface area (Å²) in [5.74, 6) is 2.58. The zero-order valence-electron chi connectivity index (χ0n) is 11.7. The lowest BCUT2D eigenvalue weighted by Crippen LogP contribution is -2.22. The summed E-state index contributed by atoms with van der Waals surface area (Å²) in [6, 6.07) is 2.66. The number of hydrogen-bond acceptors (Lipinski definition) is 4. The highest BCUT2D eigenvalue weighted by Crippen LogP contribution is 2.37. The number of terminal acetylenes is 1. The van der Waals surface area contributed by atoms with Crippen LogP contribution < -0.4 is 20.1 Å². The van der Waals surface area contributed by atoms with E-state index >= 15 is 0 Å². The van der Waals surface area contributed by atoms with E-state index in [-0.39, 0.29) is 17.3 Å². The molecule has 2 rings (SSSR count). The van der Waals surface area contributed by atoms with Crippen molar-refractivity contribution < 1.29 is 19.1 Å². The predicted molar refractivity (Wildman–Crippen MR) is 81.6 cm³/mol. The first-order chi connectivity index (χ1) is 10.5. The summed E-state index contributed by atoms with van der Waals surface area (Å²) in [7, 11) is 0. The number of urea groups is 1. The minimum absolute atomic E-state index is 0.0543. The van der Waals surface area contributed by atoms with Crippen molar-refractivity contribution in [2.24, 2.45) is 0 Å². The summed E-state index contributed by atoms with van der Waals surface area (Å²) < 4.78 is 10.8. The molecule has 7 heteroatoms. The van der Waals surface area contributed by atoms with Gasteiger partial charge in [-0.2, -0.15) is 0 Å². The van der Waals surface area contributed by atoms with Crippen molar-refractivity contribution >= 4 is 29.6 Å². The third-order valence-corrected chi connectivity index (χ3v) is 2.94. The number of carbonyl (C=O) groups excluding carboxylic acids is 2. The molecule has 0 aromatic heterocycles. The SMILES string of the molecule is C#CCOc1c(Cl)cc(C=C2NC(=O)NC2=O)cc1OCC. The Balaban J connectivity index is 2.38. The standard InChI is InChI=1S/C15H13ClN2O4/c1-3-5-22-13-10(16)6-9(8-12(13)21-4-2)7-11-14(19)18-15(20)17-11/h1,6-8H,4-5H2,2H3,(H2,17,18,19,20). The number of nitrogens with one attached hydrogen (secondary N) is 2. The van der Waals surface area contributed by atoms with Gasteiger partial charge in [0.05, 0.1) is 11.6 Å². The maximum atomic E-state index is 11.5. The van der Waals surface area contributed by atoms with Crippen LogP contribution in [0.4, 0.5) is 4.79 Å². The first-order valence-corrected chi connectivity index (χ1v) is 6.79. The second kappa shape index (κ2) is 6.87. The molecule has 1 aromatic carbocycles. The Bertz CT molecular complexity index is 692. The first kappa shape index (κ1) is 15.7. The van der Waals surface area contributed by atoms with E-state index in [0.29, 0.717) is 23.7 Å². The van der Waals surface area contributed by atoms with Crippen molar-refractivity contribution in [3.63, 3.8) is 0 Å². The fourth-order valence-corrected chi connectivity index (χ4v) is 2.11. The normalized spacial score (nSPS) is 15.2. The van der Waals surface area contributed by atoms with Crippen LogP contribution in [0.25, 0.3) is 6.08 Å². The summed E-state index contributed by atoms with van der Waals surface area (Å²) in [4.78, 5) is 22.6. The number of carbonyl (C=O) groups is 2. The summed E-state index contributed by atoms with van der Waals surface area (Å²) in [6.45, 7) is 2.27. The van der Waals surface area contributed by atoms with E-state index in [2.05, 4.69) is 16.6 Å². The quantitative estimate of drug-likeness (QED) is 0.494. The summed E-state index contributed by atoms with van der Waals surface area (Å²) >= 11 is 6.17. The zero-order chi connectivity index (χ0) is 16.1. The Morgan fingerprint density at radius 1 is 1.32 bits per heavy atom. The number of hydrogen-bond donors (Lipinski definition) is 2. The van der Waals surface area contributed by atoms with Gasteiger partial charge in [0.15, 0.2) is 11.5 Å². The van der Waals surface area contributed by atoms with Crippen LogP contribution in [0, 0.1) is 12.3 Å². The first-order valence-electron chi connectivity index (χ1n) is 6.41. The van der Waals surface area contributed by atoms with Gasteiger partial charge >= 0.3 is 6.03 Å². The summed E-state index contributed by atoms with van der Waals surface area (Å²) in [5, 5.41) is 4.79. The van der Waals surface area contributed by atoms with Crippen molar-refractivity contribution in [3.05, 3.63) is 28.4 Å². The van der Waals surface area contributed by atoms with Crippen LogP contribution in [0.2, 0.25) is 5.02 Å². The average molecular weight is 321 g/mol. The van der Waals surface area contributed by atoms with E-state index in [1.54, 1.807) is 12.1 Å². The predicted octanol–water partition coefficient (Wildman–Crippen LogP) is 1.93. The average Bonchev–Trinajstić information content (AvgIpc) is 2.76. The molecule has 1 heterocycles. The molecule has 1 fully saturated rings. The van der Waals surface area contributed by atoms with Gasteiger partial charge in [0.2, 0.25) is 0 Å². The highest BCUT2D eigenvalue weighted by molar-refractivity contribution is 6.32. The second-order valence-corrected chi connectivity index (χ2v) is 4.63. The number of benzene rings is 1. The Kier molecular flexibility index (Phi) is 4.92. The minimum Gasteiger partial charge on any atom is -0.490 e. The van der Waals surface area contributed by atoms with E-state index < -0.39 is 11.9 Å². The largest absolute Gasteiger partial charge is 0.490 e. The van der Waals surface area contributed by atoms with E-state index in [9.17, 15) is 9.59 Å². The minimum atomic E-state index is -0.568. The van der Waals surface area contributed by atoms with Gasteiger partial charge in [-0.1, -0.05) is 17.5 Å². The molecule has 0 radical (unpaired) electrons. The van der Waals surface area contributed by atoms with Crippen LogP contribution in [-0.4, -0.2) is 25.2 Å². The van der Waals surface area contributed by atoms with Crippen LogP contribution >= 0.6 is 11.6 Å². The number of rotatable bonds is 5. The smallest absolute Gasteiger partial charge is 0.326 e. The number of ether oxygens (including phenoxy) is 2.